The van der Waals surface area contributed by atoms with Crippen LogP contribution in [0.5, 0.6) is 11.5 Å². The highest BCUT2D eigenvalue weighted by Crippen LogP contribution is 2.21. The predicted molar refractivity (Wildman–Crippen MR) is 118 cm³/mol. The zero-order chi connectivity index (χ0) is 22.1. The maximum atomic E-state index is 12.5. The number of hydrogen-bond donors (Lipinski definition) is 1. The van der Waals surface area contributed by atoms with Gasteiger partial charge in [0, 0.05) is 5.69 Å². The number of esters is 1. The number of benzene rings is 3. The molecule has 0 aliphatic rings. The monoisotopic (exact) mass is 419 g/mol. The van der Waals surface area contributed by atoms with Gasteiger partial charge in [-0.25, -0.2) is 4.79 Å². The van der Waals surface area contributed by atoms with Gasteiger partial charge in [-0.3, -0.25) is 4.79 Å². The molecule has 0 aliphatic heterocycles. The first-order chi connectivity index (χ1) is 15.0. The first-order valence-electron chi connectivity index (χ1n) is 10.0. The molecule has 0 saturated heterocycles. The smallest absolute Gasteiger partial charge is 0.342 e. The van der Waals surface area contributed by atoms with E-state index in [2.05, 4.69) is 5.32 Å². The molecule has 0 atom stereocenters. The molecule has 3 rings (SSSR count). The van der Waals surface area contributed by atoms with Crippen LogP contribution in [0.2, 0.25) is 0 Å². The van der Waals surface area contributed by atoms with Crippen molar-refractivity contribution in [1.82, 2.24) is 0 Å². The topological polar surface area (TPSA) is 73.9 Å². The first-order valence-corrected chi connectivity index (χ1v) is 10.0. The molecule has 160 valence electrons. The van der Waals surface area contributed by atoms with Gasteiger partial charge in [-0.15, -0.1) is 0 Å². The molecule has 0 radical (unpaired) electrons. The Morgan fingerprint density at radius 3 is 2.42 bits per heavy atom. The lowest BCUT2D eigenvalue weighted by atomic mass is 10.1. The van der Waals surface area contributed by atoms with Crippen LogP contribution in [0.1, 0.15) is 28.4 Å². The van der Waals surface area contributed by atoms with Gasteiger partial charge in [0.25, 0.3) is 5.91 Å². The van der Waals surface area contributed by atoms with Gasteiger partial charge in [-0.1, -0.05) is 42.0 Å². The summed E-state index contributed by atoms with van der Waals surface area (Å²) in [5.41, 5.74) is 2.99. The summed E-state index contributed by atoms with van der Waals surface area (Å²) in [6.45, 7) is 4.39. The third kappa shape index (κ3) is 6.60. The molecule has 0 unspecified atom stereocenters. The number of carbonyl (C=O) groups is 2. The van der Waals surface area contributed by atoms with Gasteiger partial charge in [-0.05, 0) is 55.8 Å². The summed E-state index contributed by atoms with van der Waals surface area (Å²) in [7, 11) is 0. The fourth-order valence-electron chi connectivity index (χ4n) is 2.93. The van der Waals surface area contributed by atoms with Crippen molar-refractivity contribution in [3.8, 4) is 11.5 Å². The number of amides is 1. The van der Waals surface area contributed by atoms with E-state index in [-0.39, 0.29) is 5.56 Å². The number of ether oxygens (including phenoxy) is 3. The van der Waals surface area contributed by atoms with Crippen molar-refractivity contribution >= 4 is 17.6 Å². The minimum absolute atomic E-state index is 0.268. The standard InChI is InChI=1S/C25H25NO5/c1-3-29-21-13-11-20(12-14-21)26-24(27)17-31-25(28)22-9-4-5-10-23(22)30-16-19-8-6-7-18(2)15-19/h4-15H,3,16-17H2,1-2H3,(H,26,27). The zero-order valence-electron chi connectivity index (χ0n) is 17.6. The third-order valence-electron chi connectivity index (χ3n) is 4.37. The van der Waals surface area contributed by atoms with Crippen molar-refractivity contribution in [3.05, 3.63) is 89.5 Å². The van der Waals surface area contributed by atoms with Crippen LogP contribution < -0.4 is 14.8 Å². The van der Waals surface area contributed by atoms with Crippen LogP contribution >= 0.6 is 0 Å². The Balaban J connectivity index is 1.54. The van der Waals surface area contributed by atoms with E-state index in [9.17, 15) is 9.59 Å². The lowest BCUT2D eigenvalue weighted by Crippen LogP contribution is -2.21. The van der Waals surface area contributed by atoms with Gasteiger partial charge < -0.3 is 19.5 Å². The fraction of sp³-hybridized carbons (Fsp3) is 0.200. The maximum absolute atomic E-state index is 12.5. The number of aryl methyl sites for hydroxylation is 1. The predicted octanol–water partition coefficient (Wildman–Crippen LogP) is 4.77. The Morgan fingerprint density at radius 1 is 0.903 bits per heavy atom. The van der Waals surface area contributed by atoms with Gasteiger partial charge >= 0.3 is 5.97 Å². The van der Waals surface area contributed by atoms with Gasteiger partial charge in [0.1, 0.15) is 23.7 Å². The van der Waals surface area contributed by atoms with E-state index in [1.165, 1.54) is 0 Å². The number of para-hydroxylation sites is 1. The lowest BCUT2D eigenvalue weighted by Gasteiger charge is -2.12. The number of hydrogen-bond acceptors (Lipinski definition) is 5. The van der Waals surface area contributed by atoms with Crippen molar-refractivity contribution in [2.45, 2.75) is 20.5 Å². The van der Waals surface area contributed by atoms with Gasteiger partial charge in [0.2, 0.25) is 0 Å². The first kappa shape index (κ1) is 21.9. The summed E-state index contributed by atoms with van der Waals surface area (Å²) in [4.78, 5) is 24.6. The lowest BCUT2D eigenvalue weighted by molar-refractivity contribution is -0.119. The Morgan fingerprint density at radius 2 is 1.68 bits per heavy atom. The maximum Gasteiger partial charge on any atom is 0.342 e. The highest BCUT2D eigenvalue weighted by molar-refractivity contribution is 5.96. The second kappa shape index (κ2) is 10.8. The van der Waals surface area contributed by atoms with E-state index in [4.69, 9.17) is 14.2 Å². The van der Waals surface area contributed by atoms with E-state index in [0.717, 1.165) is 11.1 Å². The molecule has 0 aliphatic carbocycles. The molecule has 1 N–H and O–H groups in total. The number of carbonyl (C=O) groups excluding carboxylic acids is 2. The minimum atomic E-state index is -0.623. The number of rotatable bonds is 9. The molecular formula is C25H25NO5. The van der Waals surface area contributed by atoms with Crippen LogP contribution in [0.25, 0.3) is 0 Å². The van der Waals surface area contributed by atoms with Gasteiger partial charge in [0.15, 0.2) is 6.61 Å². The van der Waals surface area contributed by atoms with Crippen LogP contribution in [-0.4, -0.2) is 25.1 Å². The summed E-state index contributed by atoms with van der Waals surface area (Å²) in [5.74, 6) is 0.0625. The van der Waals surface area contributed by atoms with Crippen molar-refractivity contribution in [3.63, 3.8) is 0 Å². The second-order valence-electron chi connectivity index (χ2n) is 6.86. The van der Waals surface area contributed by atoms with Crippen molar-refractivity contribution in [1.29, 1.82) is 0 Å². The van der Waals surface area contributed by atoms with Gasteiger partial charge in [0.05, 0.1) is 6.61 Å². The molecule has 3 aromatic rings. The molecule has 0 bridgehead atoms. The second-order valence-corrected chi connectivity index (χ2v) is 6.86. The van der Waals surface area contributed by atoms with Crippen LogP contribution in [0.15, 0.2) is 72.8 Å². The largest absolute Gasteiger partial charge is 0.494 e. The van der Waals surface area contributed by atoms with Crippen molar-refractivity contribution in [2.75, 3.05) is 18.5 Å². The number of nitrogens with one attached hydrogen (secondary N) is 1. The van der Waals surface area contributed by atoms with E-state index in [0.29, 0.717) is 30.4 Å². The summed E-state index contributed by atoms with van der Waals surface area (Å²) >= 11 is 0. The van der Waals surface area contributed by atoms with Gasteiger partial charge in [-0.2, -0.15) is 0 Å². The molecule has 6 heteroatoms. The quantitative estimate of drug-likeness (QED) is 0.506. The molecule has 31 heavy (non-hydrogen) atoms. The van der Waals surface area contributed by atoms with E-state index in [1.54, 1.807) is 48.5 Å². The molecule has 0 spiro atoms. The Kier molecular flexibility index (Phi) is 7.65. The normalized spacial score (nSPS) is 10.3. The average Bonchev–Trinajstić information content (AvgIpc) is 2.78. The Hall–Kier alpha value is -3.80. The Labute approximate surface area is 181 Å². The molecule has 0 saturated carbocycles. The summed E-state index contributed by atoms with van der Waals surface area (Å²) in [6, 6.07) is 21.7. The van der Waals surface area contributed by atoms with Crippen molar-refractivity contribution in [2.24, 2.45) is 0 Å². The summed E-state index contributed by atoms with van der Waals surface area (Å²) < 4.78 is 16.4. The van der Waals surface area contributed by atoms with E-state index in [1.807, 2.05) is 38.1 Å². The SMILES string of the molecule is CCOc1ccc(NC(=O)COC(=O)c2ccccc2OCc2cccc(C)c2)cc1. The highest BCUT2D eigenvalue weighted by Gasteiger charge is 2.15. The average molecular weight is 419 g/mol. The molecule has 6 nitrogen and oxygen atoms in total. The molecule has 0 heterocycles. The zero-order valence-corrected chi connectivity index (χ0v) is 17.6. The van der Waals surface area contributed by atoms with E-state index < -0.39 is 18.5 Å². The highest BCUT2D eigenvalue weighted by atomic mass is 16.5. The van der Waals surface area contributed by atoms with Crippen LogP contribution in [0, 0.1) is 6.92 Å². The van der Waals surface area contributed by atoms with Crippen LogP contribution in [0.3, 0.4) is 0 Å². The summed E-state index contributed by atoms with van der Waals surface area (Å²) in [5, 5.41) is 2.68. The van der Waals surface area contributed by atoms with E-state index >= 15 is 0 Å². The fourth-order valence-corrected chi connectivity index (χ4v) is 2.93. The van der Waals surface area contributed by atoms with Crippen LogP contribution in [0.4, 0.5) is 5.69 Å². The van der Waals surface area contributed by atoms with Crippen LogP contribution in [-0.2, 0) is 16.1 Å². The molecular weight excluding hydrogens is 394 g/mol. The van der Waals surface area contributed by atoms with Crippen molar-refractivity contribution < 1.29 is 23.8 Å². The molecule has 1 amide bonds. The Bertz CT molecular complexity index is 1030. The summed E-state index contributed by atoms with van der Waals surface area (Å²) in [6.07, 6.45) is 0. The molecule has 0 fully saturated rings. The number of anilines is 1. The minimum Gasteiger partial charge on any atom is -0.494 e. The molecule has 3 aromatic carbocycles. The molecule has 0 aromatic heterocycles. The third-order valence-corrected chi connectivity index (χ3v) is 4.37.